The quantitative estimate of drug-likeness (QED) is 0.904. The highest BCUT2D eigenvalue weighted by molar-refractivity contribution is 5.37. The van der Waals surface area contributed by atoms with Crippen molar-refractivity contribution in [1.29, 1.82) is 5.26 Å². The summed E-state index contributed by atoms with van der Waals surface area (Å²) in [5.74, 6) is 0. The molecule has 0 aliphatic carbocycles. The Morgan fingerprint density at radius 3 is 2.81 bits per heavy atom. The van der Waals surface area contributed by atoms with Gasteiger partial charge >= 0.3 is 0 Å². The van der Waals surface area contributed by atoms with Crippen molar-refractivity contribution in [2.75, 3.05) is 19.7 Å². The molecule has 3 rings (SSSR count). The SMILES string of the molecule is N#Cc1ccccc1CN1CCC2(CC1)CC(O)CCO2. The van der Waals surface area contributed by atoms with Crippen LogP contribution in [0.15, 0.2) is 24.3 Å². The summed E-state index contributed by atoms with van der Waals surface area (Å²) < 4.78 is 5.98. The molecule has 2 saturated heterocycles. The van der Waals surface area contributed by atoms with Gasteiger partial charge < -0.3 is 9.84 Å². The summed E-state index contributed by atoms with van der Waals surface area (Å²) in [6.07, 6.45) is 3.28. The molecule has 1 spiro atoms. The molecular formula is C17H22N2O2. The van der Waals surface area contributed by atoms with E-state index in [-0.39, 0.29) is 11.7 Å². The Morgan fingerprint density at radius 2 is 2.10 bits per heavy atom. The Bertz CT molecular complexity index is 530. The van der Waals surface area contributed by atoms with E-state index in [4.69, 9.17) is 10.00 Å². The number of hydrogen-bond acceptors (Lipinski definition) is 4. The van der Waals surface area contributed by atoms with Crippen LogP contribution in [0.2, 0.25) is 0 Å². The van der Waals surface area contributed by atoms with Crippen LogP contribution in [0, 0.1) is 11.3 Å². The van der Waals surface area contributed by atoms with Gasteiger partial charge in [-0.1, -0.05) is 18.2 Å². The maximum absolute atomic E-state index is 9.87. The number of benzene rings is 1. The summed E-state index contributed by atoms with van der Waals surface area (Å²) in [4.78, 5) is 2.38. The lowest BCUT2D eigenvalue weighted by molar-refractivity contribution is -0.143. The molecule has 0 aromatic heterocycles. The molecular weight excluding hydrogens is 264 g/mol. The van der Waals surface area contributed by atoms with Gasteiger partial charge in [0.25, 0.3) is 0 Å². The number of nitriles is 1. The predicted octanol–water partition coefficient (Wildman–Crippen LogP) is 2.06. The lowest BCUT2D eigenvalue weighted by atomic mass is 9.83. The van der Waals surface area contributed by atoms with E-state index in [0.717, 1.165) is 56.4 Å². The average Bonchev–Trinajstić information content (AvgIpc) is 2.50. The molecule has 21 heavy (non-hydrogen) atoms. The van der Waals surface area contributed by atoms with Gasteiger partial charge in [0.1, 0.15) is 0 Å². The van der Waals surface area contributed by atoms with Gasteiger partial charge in [-0.05, 0) is 30.9 Å². The Balaban J connectivity index is 1.60. The largest absolute Gasteiger partial charge is 0.393 e. The zero-order valence-electron chi connectivity index (χ0n) is 12.3. The molecule has 1 aromatic carbocycles. The highest BCUT2D eigenvalue weighted by Gasteiger charge is 2.39. The van der Waals surface area contributed by atoms with E-state index < -0.39 is 0 Å². The van der Waals surface area contributed by atoms with Gasteiger partial charge in [0.2, 0.25) is 0 Å². The molecule has 2 aliphatic heterocycles. The van der Waals surface area contributed by atoms with Crippen molar-refractivity contribution in [1.82, 2.24) is 4.90 Å². The third-order valence-corrected chi connectivity index (χ3v) is 4.77. The van der Waals surface area contributed by atoms with E-state index in [0.29, 0.717) is 6.61 Å². The number of rotatable bonds is 2. The number of ether oxygens (including phenoxy) is 1. The molecule has 0 amide bonds. The van der Waals surface area contributed by atoms with Crippen LogP contribution in [0.3, 0.4) is 0 Å². The molecule has 1 N–H and O–H groups in total. The number of aliphatic hydroxyl groups excluding tert-OH is 1. The third-order valence-electron chi connectivity index (χ3n) is 4.77. The van der Waals surface area contributed by atoms with Crippen LogP contribution in [-0.2, 0) is 11.3 Å². The van der Waals surface area contributed by atoms with Crippen LogP contribution in [0.1, 0.15) is 36.8 Å². The smallest absolute Gasteiger partial charge is 0.0995 e. The van der Waals surface area contributed by atoms with E-state index >= 15 is 0 Å². The van der Waals surface area contributed by atoms with Gasteiger partial charge in [-0.15, -0.1) is 0 Å². The van der Waals surface area contributed by atoms with Crippen LogP contribution < -0.4 is 0 Å². The Hall–Kier alpha value is -1.41. The fourth-order valence-electron chi connectivity index (χ4n) is 3.48. The Kier molecular flexibility index (Phi) is 4.25. The average molecular weight is 286 g/mol. The van der Waals surface area contributed by atoms with E-state index in [1.54, 1.807) is 0 Å². The first-order chi connectivity index (χ1) is 10.2. The lowest BCUT2D eigenvalue weighted by Gasteiger charge is -2.45. The fraction of sp³-hybridized carbons (Fsp3) is 0.588. The van der Waals surface area contributed by atoms with Crippen molar-refractivity contribution in [2.24, 2.45) is 0 Å². The number of hydrogen-bond donors (Lipinski definition) is 1. The second-order valence-corrected chi connectivity index (χ2v) is 6.22. The van der Waals surface area contributed by atoms with Crippen molar-refractivity contribution in [3.8, 4) is 6.07 Å². The summed E-state index contributed by atoms with van der Waals surface area (Å²) >= 11 is 0. The number of piperidine rings is 1. The first kappa shape index (κ1) is 14.5. The lowest BCUT2D eigenvalue weighted by Crippen LogP contribution is -2.50. The molecule has 2 heterocycles. The zero-order chi connectivity index (χ0) is 14.7. The van der Waals surface area contributed by atoms with E-state index in [2.05, 4.69) is 11.0 Å². The van der Waals surface area contributed by atoms with E-state index in [1.807, 2.05) is 24.3 Å². The molecule has 4 heteroatoms. The minimum absolute atomic E-state index is 0.108. The van der Waals surface area contributed by atoms with Gasteiger partial charge in [-0.2, -0.15) is 5.26 Å². The maximum atomic E-state index is 9.87. The summed E-state index contributed by atoms with van der Waals surface area (Å²) in [5, 5.41) is 19.0. The number of likely N-dealkylation sites (tertiary alicyclic amines) is 1. The summed E-state index contributed by atoms with van der Waals surface area (Å²) in [6.45, 7) is 3.43. The number of aliphatic hydroxyl groups is 1. The van der Waals surface area contributed by atoms with Crippen molar-refractivity contribution in [2.45, 2.75) is 43.9 Å². The zero-order valence-corrected chi connectivity index (χ0v) is 12.3. The third kappa shape index (κ3) is 3.26. The van der Waals surface area contributed by atoms with Gasteiger partial charge in [-0.3, -0.25) is 4.90 Å². The number of nitrogens with zero attached hydrogens (tertiary/aromatic N) is 2. The maximum Gasteiger partial charge on any atom is 0.0995 e. The first-order valence-electron chi connectivity index (χ1n) is 7.73. The normalized spacial score (nSPS) is 25.6. The van der Waals surface area contributed by atoms with Crippen molar-refractivity contribution in [3.05, 3.63) is 35.4 Å². The molecule has 1 aromatic rings. The second-order valence-electron chi connectivity index (χ2n) is 6.22. The van der Waals surface area contributed by atoms with Crippen molar-refractivity contribution < 1.29 is 9.84 Å². The topological polar surface area (TPSA) is 56.5 Å². The van der Waals surface area contributed by atoms with E-state index in [9.17, 15) is 5.11 Å². The van der Waals surface area contributed by atoms with Crippen LogP contribution in [0.25, 0.3) is 0 Å². The highest BCUT2D eigenvalue weighted by atomic mass is 16.5. The predicted molar refractivity (Wildman–Crippen MR) is 79.6 cm³/mol. The fourth-order valence-corrected chi connectivity index (χ4v) is 3.48. The van der Waals surface area contributed by atoms with Crippen molar-refractivity contribution >= 4 is 0 Å². The monoisotopic (exact) mass is 286 g/mol. The van der Waals surface area contributed by atoms with Crippen LogP contribution in [-0.4, -0.2) is 41.4 Å². The highest BCUT2D eigenvalue weighted by Crippen LogP contribution is 2.35. The molecule has 4 nitrogen and oxygen atoms in total. The molecule has 2 fully saturated rings. The Labute approximate surface area is 125 Å². The minimum atomic E-state index is -0.204. The Morgan fingerprint density at radius 1 is 1.33 bits per heavy atom. The first-order valence-corrected chi connectivity index (χ1v) is 7.73. The molecule has 1 atom stereocenters. The molecule has 112 valence electrons. The van der Waals surface area contributed by atoms with Crippen LogP contribution >= 0.6 is 0 Å². The summed E-state index contributed by atoms with van der Waals surface area (Å²) in [7, 11) is 0. The van der Waals surface area contributed by atoms with Gasteiger partial charge in [-0.25, -0.2) is 0 Å². The molecule has 0 saturated carbocycles. The van der Waals surface area contributed by atoms with Crippen molar-refractivity contribution in [3.63, 3.8) is 0 Å². The minimum Gasteiger partial charge on any atom is -0.393 e. The summed E-state index contributed by atoms with van der Waals surface area (Å²) in [6, 6.07) is 10.1. The standard InChI is InChI=1S/C17H22N2O2/c18-12-14-3-1-2-4-15(14)13-19-8-6-17(7-9-19)11-16(20)5-10-21-17/h1-4,16,20H,5-11,13H2. The summed E-state index contributed by atoms with van der Waals surface area (Å²) in [5.41, 5.74) is 1.76. The molecule has 0 radical (unpaired) electrons. The molecule has 2 aliphatic rings. The molecule has 1 unspecified atom stereocenters. The van der Waals surface area contributed by atoms with Gasteiger partial charge in [0.05, 0.1) is 23.3 Å². The van der Waals surface area contributed by atoms with Gasteiger partial charge in [0.15, 0.2) is 0 Å². The van der Waals surface area contributed by atoms with Crippen LogP contribution in [0.5, 0.6) is 0 Å². The second kappa shape index (κ2) is 6.15. The molecule has 0 bridgehead atoms. The van der Waals surface area contributed by atoms with Crippen LogP contribution in [0.4, 0.5) is 0 Å². The van der Waals surface area contributed by atoms with Gasteiger partial charge in [0, 0.05) is 32.7 Å². The van der Waals surface area contributed by atoms with E-state index in [1.165, 1.54) is 0 Å².